The van der Waals surface area contributed by atoms with Crippen molar-refractivity contribution in [3.8, 4) is 0 Å². The van der Waals surface area contributed by atoms with Crippen molar-refractivity contribution in [2.24, 2.45) is 5.92 Å². The van der Waals surface area contributed by atoms with Gasteiger partial charge in [-0.25, -0.2) is 0 Å². The van der Waals surface area contributed by atoms with Gasteiger partial charge < -0.3 is 10.6 Å². The van der Waals surface area contributed by atoms with Crippen LogP contribution in [0.1, 0.15) is 36.3 Å². The first-order chi connectivity index (χ1) is 9.25. The Morgan fingerprint density at radius 3 is 2.85 bits per heavy atom. The molecule has 3 nitrogen and oxygen atoms in total. The summed E-state index contributed by atoms with van der Waals surface area (Å²) in [6.45, 7) is 4.14. The number of piperidine rings is 1. The molecule has 0 spiro atoms. The number of rotatable bonds is 3. The van der Waals surface area contributed by atoms with Crippen molar-refractivity contribution in [2.75, 3.05) is 13.1 Å². The first-order valence-electron chi connectivity index (χ1n) is 7.32. The highest BCUT2D eigenvalue weighted by Gasteiger charge is 2.44. The molecule has 3 rings (SSSR count). The fourth-order valence-electron chi connectivity index (χ4n) is 3.11. The van der Waals surface area contributed by atoms with E-state index in [9.17, 15) is 4.79 Å². The summed E-state index contributed by atoms with van der Waals surface area (Å²) in [5.74, 6) is 0.891. The van der Waals surface area contributed by atoms with E-state index >= 15 is 0 Å². The van der Waals surface area contributed by atoms with Gasteiger partial charge in [-0.05, 0) is 49.8 Å². The lowest BCUT2D eigenvalue weighted by Crippen LogP contribution is -2.46. The fourth-order valence-corrected chi connectivity index (χ4v) is 3.11. The normalized spacial score (nSPS) is 28.4. The van der Waals surface area contributed by atoms with Crippen LogP contribution in [0.3, 0.4) is 0 Å². The van der Waals surface area contributed by atoms with Gasteiger partial charge in [0.1, 0.15) is 0 Å². The number of amides is 1. The summed E-state index contributed by atoms with van der Waals surface area (Å²) in [7, 11) is 0. The summed E-state index contributed by atoms with van der Waals surface area (Å²) in [6, 6.07) is 8.76. The summed E-state index contributed by atoms with van der Waals surface area (Å²) < 4.78 is 0. The molecule has 110 valence electrons. The Morgan fingerprint density at radius 1 is 1.35 bits per heavy atom. The summed E-state index contributed by atoms with van der Waals surface area (Å²) in [6.07, 6.45) is 3.29. The van der Waals surface area contributed by atoms with Gasteiger partial charge in [-0.3, -0.25) is 4.79 Å². The largest absolute Gasteiger partial charge is 0.352 e. The van der Waals surface area contributed by atoms with Crippen LogP contribution in [0.2, 0.25) is 0 Å². The minimum Gasteiger partial charge on any atom is -0.352 e. The highest BCUT2D eigenvalue weighted by atomic mass is 35.5. The third kappa shape index (κ3) is 3.33. The molecule has 1 aliphatic carbocycles. The third-order valence-electron chi connectivity index (χ3n) is 4.36. The Bertz CT molecular complexity index is 471. The molecule has 1 amide bonds. The average molecular weight is 295 g/mol. The van der Waals surface area contributed by atoms with Crippen LogP contribution in [0.5, 0.6) is 0 Å². The molecular formula is C16H23ClN2O. The summed E-state index contributed by atoms with van der Waals surface area (Å²) in [5.41, 5.74) is 2.66. The Kier molecular flexibility index (Phi) is 5.06. The van der Waals surface area contributed by atoms with Crippen molar-refractivity contribution in [1.29, 1.82) is 0 Å². The van der Waals surface area contributed by atoms with Gasteiger partial charge >= 0.3 is 0 Å². The Balaban J connectivity index is 0.00000147. The van der Waals surface area contributed by atoms with E-state index in [1.165, 1.54) is 11.1 Å². The summed E-state index contributed by atoms with van der Waals surface area (Å²) >= 11 is 0. The maximum atomic E-state index is 12.2. The van der Waals surface area contributed by atoms with E-state index in [-0.39, 0.29) is 24.2 Å². The zero-order valence-corrected chi connectivity index (χ0v) is 12.7. The lowest BCUT2D eigenvalue weighted by Gasteiger charge is -2.23. The SMILES string of the molecule is Cc1ccccc1C1CC1C(=O)NC1CCCNC1.Cl. The minimum absolute atomic E-state index is 0. The van der Waals surface area contributed by atoms with Gasteiger partial charge in [-0.1, -0.05) is 24.3 Å². The van der Waals surface area contributed by atoms with E-state index in [0.29, 0.717) is 12.0 Å². The highest BCUT2D eigenvalue weighted by molar-refractivity contribution is 5.85. The fraction of sp³-hybridized carbons (Fsp3) is 0.562. The minimum atomic E-state index is 0. The van der Waals surface area contributed by atoms with Crippen molar-refractivity contribution >= 4 is 18.3 Å². The van der Waals surface area contributed by atoms with Crippen molar-refractivity contribution in [3.63, 3.8) is 0 Å². The molecule has 2 aliphatic rings. The van der Waals surface area contributed by atoms with Crippen LogP contribution in [0, 0.1) is 12.8 Å². The number of hydrogen-bond acceptors (Lipinski definition) is 2. The summed E-state index contributed by atoms with van der Waals surface area (Å²) in [5, 5.41) is 6.54. The van der Waals surface area contributed by atoms with Gasteiger partial charge in [0.25, 0.3) is 0 Å². The second-order valence-electron chi connectivity index (χ2n) is 5.86. The van der Waals surface area contributed by atoms with Crippen LogP contribution in [-0.2, 0) is 4.79 Å². The molecule has 1 aromatic rings. The molecule has 2 N–H and O–H groups in total. The van der Waals surface area contributed by atoms with Gasteiger partial charge in [0.15, 0.2) is 0 Å². The van der Waals surface area contributed by atoms with E-state index in [2.05, 4.69) is 41.8 Å². The topological polar surface area (TPSA) is 41.1 Å². The number of halogens is 1. The van der Waals surface area contributed by atoms with Crippen molar-refractivity contribution in [1.82, 2.24) is 10.6 Å². The molecule has 1 saturated carbocycles. The Hall–Kier alpha value is -1.06. The average Bonchev–Trinajstić information content (AvgIpc) is 3.21. The molecule has 1 aromatic carbocycles. The van der Waals surface area contributed by atoms with Crippen molar-refractivity contribution < 1.29 is 4.79 Å². The summed E-state index contributed by atoms with van der Waals surface area (Å²) in [4.78, 5) is 12.2. The molecule has 3 unspecified atom stereocenters. The molecule has 1 aliphatic heterocycles. The number of carbonyl (C=O) groups excluding carboxylic acids is 1. The Labute approximate surface area is 126 Å². The van der Waals surface area contributed by atoms with Crippen molar-refractivity contribution in [2.45, 2.75) is 38.1 Å². The predicted octanol–water partition coefficient (Wildman–Crippen LogP) is 2.39. The third-order valence-corrected chi connectivity index (χ3v) is 4.36. The van der Waals surface area contributed by atoms with E-state index in [4.69, 9.17) is 0 Å². The van der Waals surface area contributed by atoms with Crippen LogP contribution in [0.15, 0.2) is 24.3 Å². The first kappa shape index (κ1) is 15.3. The number of carbonyl (C=O) groups is 1. The zero-order valence-electron chi connectivity index (χ0n) is 11.9. The van der Waals surface area contributed by atoms with Crippen LogP contribution >= 0.6 is 12.4 Å². The van der Waals surface area contributed by atoms with Crippen LogP contribution in [0.4, 0.5) is 0 Å². The standard InChI is InChI=1S/C16H22N2O.ClH/c1-11-5-2-3-7-13(11)14-9-15(14)16(19)18-12-6-4-8-17-10-12;/h2-3,5,7,12,14-15,17H,4,6,8-10H2,1H3,(H,18,19);1H. The molecule has 2 fully saturated rings. The molecule has 20 heavy (non-hydrogen) atoms. The van der Waals surface area contributed by atoms with Gasteiger partial charge in [-0.2, -0.15) is 0 Å². The smallest absolute Gasteiger partial charge is 0.224 e. The molecule has 0 radical (unpaired) electrons. The van der Waals surface area contributed by atoms with E-state index < -0.39 is 0 Å². The molecule has 4 heteroatoms. The van der Waals surface area contributed by atoms with Crippen molar-refractivity contribution in [3.05, 3.63) is 35.4 Å². The lowest BCUT2D eigenvalue weighted by atomic mass is 10.0. The van der Waals surface area contributed by atoms with Gasteiger partial charge in [0.2, 0.25) is 5.91 Å². The molecular weight excluding hydrogens is 272 g/mol. The molecule has 1 heterocycles. The van der Waals surface area contributed by atoms with E-state index in [0.717, 1.165) is 32.4 Å². The van der Waals surface area contributed by atoms with Gasteiger partial charge in [0, 0.05) is 18.5 Å². The number of nitrogens with one attached hydrogen (secondary N) is 2. The van der Waals surface area contributed by atoms with E-state index in [1.54, 1.807) is 0 Å². The monoisotopic (exact) mass is 294 g/mol. The quantitative estimate of drug-likeness (QED) is 0.899. The second kappa shape index (κ2) is 6.59. The molecule has 0 aromatic heterocycles. The highest BCUT2D eigenvalue weighted by Crippen LogP contribution is 2.48. The van der Waals surface area contributed by atoms with Crippen LogP contribution in [0.25, 0.3) is 0 Å². The zero-order chi connectivity index (χ0) is 13.2. The van der Waals surface area contributed by atoms with Crippen LogP contribution < -0.4 is 10.6 Å². The lowest BCUT2D eigenvalue weighted by molar-refractivity contribution is -0.123. The maximum Gasteiger partial charge on any atom is 0.224 e. The van der Waals surface area contributed by atoms with Gasteiger partial charge in [0.05, 0.1) is 0 Å². The first-order valence-corrected chi connectivity index (χ1v) is 7.32. The molecule has 1 saturated heterocycles. The maximum absolute atomic E-state index is 12.2. The Morgan fingerprint density at radius 2 is 2.15 bits per heavy atom. The number of benzene rings is 1. The number of aryl methyl sites for hydroxylation is 1. The predicted molar refractivity (Wildman–Crippen MR) is 83.3 cm³/mol. The van der Waals surface area contributed by atoms with E-state index in [1.807, 2.05) is 0 Å². The number of hydrogen-bond donors (Lipinski definition) is 2. The van der Waals surface area contributed by atoms with Crippen LogP contribution in [-0.4, -0.2) is 25.0 Å². The molecule has 0 bridgehead atoms. The van der Waals surface area contributed by atoms with Gasteiger partial charge in [-0.15, -0.1) is 12.4 Å². The second-order valence-corrected chi connectivity index (χ2v) is 5.86. The molecule has 3 atom stereocenters.